The van der Waals surface area contributed by atoms with Crippen LogP contribution in [0.15, 0.2) is 54.6 Å². The van der Waals surface area contributed by atoms with E-state index in [9.17, 15) is 4.79 Å². The summed E-state index contributed by atoms with van der Waals surface area (Å²) in [7, 11) is 1.95. The van der Waals surface area contributed by atoms with E-state index in [0.717, 1.165) is 5.69 Å². The summed E-state index contributed by atoms with van der Waals surface area (Å²) < 4.78 is 0. The van der Waals surface area contributed by atoms with Gasteiger partial charge in [0.25, 0.3) is 0 Å². The molecule has 0 aliphatic carbocycles. The van der Waals surface area contributed by atoms with Crippen molar-refractivity contribution in [3.8, 4) is 6.07 Å². The van der Waals surface area contributed by atoms with Crippen LogP contribution in [-0.2, 0) is 11.3 Å². The summed E-state index contributed by atoms with van der Waals surface area (Å²) in [6.07, 6.45) is 0.320. The Bertz CT molecular complexity index is 732. The molecule has 0 fully saturated rings. The van der Waals surface area contributed by atoms with Gasteiger partial charge in [-0.15, -0.1) is 0 Å². The molecule has 0 bridgehead atoms. The maximum atomic E-state index is 12.8. The third-order valence-electron chi connectivity index (χ3n) is 4.32. The van der Waals surface area contributed by atoms with Gasteiger partial charge in [0.05, 0.1) is 19.0 Å². The summed E-state index contributed by atoms with van der Waals surface area (Å²) in [4.78, 5) is 16.5. The third kappa shape index (κ3) is 5.72. The van der Waals surface area contributed by atoms with Gasteiger partial charge in [-0.1, -0.05) is 56.3 Å². The fourth-order valence-electron chi connectivity index (χ4n) is 2.86. The van der Waals surface area contributed by atoms with E-state index in [-0.39, 0.29) is 5.91 Å². The summed E-state index contributed by atoms with van der Waals surface area (Å²) >= 11 is 0. The fraction of sp³-hybridized carbons (Fsp3) is 0.364. The van der Waals surface area contributed by atoms with Crippen molar-refractivity contribution in [2.24, 2.45) is 0 Å². The SMILES string of the molecule is CC(C)c1ccc(CN(C)CC(=O)N(CCC#N)c2ccccc2)cc1. The summed E-state index contributed by atoms with van der Waals surface area (Å²) in [5, 5.41) is 8.88. The van der Waals surface area contributed by atoms with Crippen LogP contribution in [0.4, 0.5) is 5.69 Å². The van der Waals surface area contributed by atoms with Crippen LogP contribution in [0.2, 0.25) is 0 Å². The molecule has 0 saturated heterocycles. The van der Waals surface area contributed by atoms with Gasteiger partial charge in [-0.2, -0.15) is 5.26 Å². The molecule has 2 aromatic rings. The lowest BCUT2D eigenvalue weighted by Crippen LogP contribution is -2.39. The quantitative estimate of drug-likeness (QED) is 0.718. The highest BCUT2D eigenvalue weighted by Gasteiger charge is 2.17. The van der Waals surface area contributed by atoms with Crippen molar-refractivity contribution in [1.29, 1.82) is 5.26 Å². The fourth-order valence-corrected chi connectivity index (χ4v) is 2.86. The Morgan fingerprint density at radius 2 is 1.73 bits per heavy atom. The molecule has 136 valence electrons. The van der Waals surface area contributed by atoms with Gasteiger partial charge in [-0.3, -0.25) is 9.69 Å². The van der Waals surface area contributed by atoms with Gasteiger partial charge in [-0.05, 0) is 36.2 Å². The number of likely N-dealkylation sites (N-methyl/N-ethyl adjacent to an activating group) is 1. The van der Waals surface area contributed by atoms with Gasteiger partial charge < -0.3 is 4.90 Å². The van der Waals surface area contributed by atoms with E-state index in [1.165, 1.54) is 11.1 Å². The minimum Gasteiger partial charge on any atom is -0.310 e. The molecule has 0 aliphatic rings. The molecule has 0 radical (unpaired) electrons. The molecule has 2 rings (SSSR count). The number of carbonyl (C=O) groups is 1. The Morgan fingerprint density at radius 1 is 1.08 bits per heavy atom. The zero-order valence-corrected chi connectivity index (χ0v) is 15.9. The number of benzene rings is 2. The normalized spacial score (nSPS) is 10.8. The molecule has 0 saturated carbocycles. The van der Waals surface area contributed by atoms with Gasteiger partial charge in [-0.25, -0.2) is 0 Å². The Balaban J connectivity index is 2.00. The average Bonchev–Trinajstić information content (AvgIpc) is 2.63. The zero-order valence-electron chi connectivity index (χ0n) is 15.9. The lowest BCUT2D eigenvalue weighted by molar-refractivity contribution is -0.119. The molecule has 4 nitrogen and oxygen atoms in total. The van der Waals surface area contributed by atoms with Crippen LogP contribution in [0.25, 0.3) is 0 Å². The Kier molecular flexibility index (Phi) is 7.37. The number of hydrogen-bond donors (Lipinski definition) is 0. The van der Waals surface area contributed by atoms with Crippen LogP contribution in [-0.4, -0.2) is 30.9 Å². The smallest absolute Gasteiger partial charge is 0.241 e. The van der Waals surface area contributed by atoms with Crippen LogP contribution in [0.3, 0.4) is 0 Å². The molecule has 0 aliphatic heterocycles. The van der Waals surface area contributed by atoms with Gasteiger partial charge in [0.2, 0.25) is 5.91 Å². The third-order valence-corrected chi connectivity index (χ3v) is 4.32. The number of para-hydroxylation sites is 1. The van der Waals surface area contributed by atoms with Crippen LogP contribution < -0.4 is 4.90 Å². The van der Waals surface area contributed by atoms with Crippen molar-refractivity contribution in [3.05, 3.63) is 65.7 Å². The summed E-state index contributed by atoms with van der Waals surface area (Å²) in [5.74, 6) is 0.524. The maximum Gasteiger partial charge on any atom is 0.241 e. The Hall–Kier alpha value is -2.64. The van der Waals surface area contributed by atoms with Gasteiger partial charge in [0.15, 0.2) is 0 Å². The zero-order chi connectivity index (χ0) is 18.9. The van der Waals surface area contributed by atoms with Crippen molar-refractivity contribution in [2.75, 3.05) is 25.0 Å². The predicted molar refractivity (Wildman–Crippen MR) is 106 cm³/mol. The molecule has 0 aromatic heterocycles. The summed E-state index contributed by atoms with van der Waals surface area (Å²) in [5.41, 5.74) is 3.34. The number of nitrogens with zero attached hydrogens (tertiary/aromatic N) is 3. The predicted octanol–water partition coefficient (Wildman–Crippen LogP) is 4.19. The monoisotopic (exact) mass is 349 g/mol. The molecule has 4 heteroatoms. The summed E-state index contributed by atoms with van der Waals surface area (Å²) in [6.45, 7) is 5.80. The van der Waals surface area contributed by atoms with Gasteiger partial charge in [0.1, 0.15) is 0 Å². The molecule has 0 atom stereocenters. The number of anilines is 1. The van der Waals surface area contributed by atoms with E-state index in [0.29, 0.717) is 32.0 Å². The highest BCUT2D eigenvalue weighted by molar-refractivity contribution is 5.94. The first-order valence-electron chi connectivity index (χ1n) is 9.01. The topological polar surface area (TPSA) is 47.3 Å². The first-order chi connectivity index (χ1) is 12.5. The lowest BCUT2D eigenvalue weighted by Gasteiger charge is -2.25. The van der Waals surface area contributed by atoms with Crippen molar-refractivity contribution >= 4 is 11.6 Å². The van der Waals surface area contributed by atoms with E-state index < -0.39 is 0 Å². The second-order valence-electron chi connectivity index (χ2n) is 6.86. The number of rotatable bonds is 8. The summed E-state index contributed by atoms with van der Waals surface area (Å²) in [6, 6.07) is 20.2. The molecular formula is C22H27N3O. The minimum absolute atomic E-state index is 0.00718. The largest absolute Gasteiger partial charge is 0.310 e. The molecular weight excluding hydrogens is 322 g/mol. The maximum absolute atomic E-state index is 12.8. The van der Waals surface area contributed by atoms with Crippen LogP contribution in [0.5, 0.6) is 0 Å². The van der Waals surface area contributed by atoms with Crippen molar-refractivity contribution < 1.29 is 4.79 Å². The van der Waals surface area contributed by atoms with Gasteiger partial charge in [0, 0.05) is 18.8 Å². The van der Waals surface area contributed by atoms with E-state index in [1.54, 1.807) is 4.90 Å². The molecule has 0 heterocycles. The van der Waals surface area contributed by atoms with Gasteiger partial charge >= 0.3 is 0 Å². The van der Waals surface area contributed by atoms with Crippen LogP contribution in [0, 0.1) is 11.3 Å². The average molecular weight is 349 g/mol. The number of hydrogen-bond acceptors (Lipinski definition) is 3. The second-order valence-corrected chi connectivity index (χ2v) is 6.86. The highest BCUT2D eigenvalue weighted by atomic mass is 16.2. The van der Waals surface area contributed by atoms with Crippen LogP contribution in [0.1, 0.15) is 37.3 Å². The van der Waals surface area contributed by atoms with E-state index in [4.69, 9.17) is 5.26 Å². The van der Waals surface area contributed by atoms with Crippen LogP contribution >= 0.6 is 0 Å². The van der Waals surface area contributed by atoms with E-state index in [1.807, 2.05) is 42.3 Å². The molecule has 26 heavy (non-hydrogen) atoms. The highest BCUT2D eigenvalue weighted by Crippen LogP contribution is 2.17. The first kappa shape index (κ1) is 19.7. The molecule has 2 aromatic carbocycles. The number of amides is 1. The van der Waals surface area contributed by atoms with Crippen molar-refractivity contribution in [1.82, 2.24) is 4.90 Å². The Labute approximate surface area is 156 Å². The lowest BCUT2D eigenvalue weighted by atomic mass is 10.0. The van der Waals surface area contributed by atoms with E-state index >= 15 is 0 Å². The number of nitriles is 1. The molecule has 0 spiro atoms. The van der Waals surface area contributed by atoms with E-state index in [2.05, 4.69) is 44.2 Å². The minimum atomic E-state index is 0.00718. The van der Waals surface area contributed by atoms with Crippen molar-refractivity contribution in [3.63, 3.8) is 0 Å². The standard InChI is InChI=1S/C22H27N3O/c1-18(2)20-12-10-19(11-13-20)16-24(3)17-22(26)25(15-7-14-23)21-8-5-4-6-9-21/h4-6,8-13,18H,7,15-17H2,1-3H3. The number of carbonyl (C=O) groups excluding carboxylic acids is 1. The second kappa shape index (κ2) is 9.74. The first-order valence-corrected chi connectivity index (χ1v) is 9.01. The molecule has 0 N–H and O–H groups in total. The van der Waals surface area contributed by atoms with Crippen molar-refractivity contribution in [2.45, 2.75) is 32.7 Å². The molecule has 1 amide bonds. The molecule has 0 unspecified atom stereocenters. The Morgan fingerprint density at radius 3 is 2.31 bits per heavy atom.